The number of aromatic nitrogens is 1. The molecule has 0 aliphatic rings. The lowest BCUT2D eigenvalue weighted by molar-refractivity contribution is 1.14. The molecule has 1 aromatic heterocycles. The number of anilines is 3. The van der Waals surface area contributed by atoms with Gasteiger partial charge in [0.2, 0.25) is 0 Å². The number of fused-ring (bicyclic) bond motifs is 1. The smallest absolute Gasteiger partial charge is 0.0951 e. The van der Waals surface area contributed by atoms with Crippen molar-refractivity contribution in [2.24, 2.45) is 0 Å². The van der Waals surface area contributed by atoms with E-state index in [9.17, 15) is 0 Å². The Balaban J connectivity index is 2.09. The highest BCUT2D eigenvalue weighted by Gasteiger charge is 2.07. The number of para-hydroxylation sites is 1. The van der Waals surface area contributed by atoms with Gasteiger partial charge in [0, 0.05) is 27.4 Å². The van der Waals surface area contributed by atoms with Gasteiger partial charge in [-0.25, -0.2) is 0 Å². The Morgan fingerprint density at radius 2 is 2.00 bits per heavy atom. The molecule has 21 heavy (non-hydrogen) atoms. The molecule has 2 aromatic carbocycles. The van der Waals surface area contributed by atoms with E-state index in [1.807, 2.05) is 30.3 Å². The van der Waals surface area contributed by atoms with Gasteiger partial charge in [-0.3, -0.25) is 4.98 Å². The molecule has 0 aliphatic carbocycles. The summed E-state index contributed by atoms with van der Waals surface area (Å²) >= 11 is 3.52. The van der Waals surface area contributed by atoms with Crippen molar-refractivity contribution in [2.75, 3.05) is 11.1 Å². The van der Waals surface area contributed by atoms with E-state index in [-0.39, 0.29) is 0 Å². The predicted octanol–water partition coefficient (Wildman–Crippen LogP) is 4.89. The molecule has 0 unspecified atom stereocenters. The number of hydrogen-bond donors (Lipinski definition) is 2. The minimum atomic E-state index is 0.697. The van der Waals surface area contributed by atoms with Crippen LogP contribution in [0.1, 0.15) is 12.5 Å². The summed E-state index contributed by atoms with van der Waals surface area (Å²) in [7, 11) is 0. The zero-order valence-corrected chi connectivity index (χ0v) is 13.3. The average Bonchev–Trinajstić information content (AvgIpc) is 2.50. The first kappa shape index (κ1) is 13.9. The number of nitrogens with one attached hydrogen (secondary N) is 1. The second kappa shape index (κ2) is 5.74. The van der Waals surface area contributed by atoms with Gasteiger partial charge in [-0.05, 0) is 42.3 Å². The van der Waals surface area contributed by atoms with Gasteiger partial charge in [0.05, 0.1) is 11.2 Å². The van der Waals surface area contributed by atoms with Crippen molar-refractivity contribution in [3.8, 4) is 0 Å². The van der Waals surface area contributed by atoms with Crippen LogP contribution >= 0.6 is 15.9 Å². The number of hydrogen-bond acceptors (Lipinski definition) is 3. The monoisotopic (exact) mass is 341 g/mol. The minimum Gasteiger partial charge on any atom is -0.397 e. The Hall–Kier alpha value is -2.07. The molecular weight excluding hydrogens is 326 g/mol. The van der Waals surface area contributed by atoms with E-state index in [4.69, 9.17) is 5.73 Å². The van der Waals surface area contributed by atoms with Crippen LogP contribution < -0.4 is 11.1 Å². The molecule has 0 saturated heterocycles. The average molecular weight is 342 g/mol. The van der Waals surface area contributed by atoms with Gasteiger partial charge >= 0.3 is 0 Å². The third kappa shape index (κ3) is 2.72. The zero-order chi connectivity index (χ0) is 14.8. The van der Waals surface area contributed by atoms with E-state index in [1.165, 1.54) is 5.56 Å². The minimum absolute atomic E-state index is 0.697. The maximum Gasteiger partial charge on any atom is 0.0951 e. The maximum atomic E-state index is 6.00. The summed E-state index contributed by atoms with van der Waals surface area (Å²) in [6.07, 6.45) is 2.75. The van der Waals surface area contributed by atoms with Crippen molar-refractivity contribution >= 4 is 43.9 Å². The lowest BCUT2D eigenvalue weighted by Gasteiger charge is -2.14. The van der Waals surface area contributed by atoms with Crippen LogP contribution in [0.15, 0.2) is 53.1 Å². The highest BCUT2D eigenvalue weighted by Crippen LogP contribution is 2.30. The number of pyridine rings is 1. The maximum absolute atomic E-state index is 6.00. The van der Waals surface area contributed by atoms with Crippen LogP contribution in [0.5, 0.6) is 0 Å². The van der Waals surface area contributed by atoms with Crippen LogP contribution in [-0.2, 0) is 6.42 Å². The van der Waals surface area contributed by atoms with Crippen LogP contribution in [0.2, 0.25) is 0 Å². The lowest BCUT2D eigenvalue weighted by atomic mass is 10.1. The fourth-order valence-corrected chi connectivity index (χ4v) is 2.84. The Kier molecular flexibility index (Phi) is 3.80. The van der Waals surface area contributed by atoms with Crippen molar-refractivity contribution in [1.82, 2.24) is 4.98 Å². The molecule has 0 amide bonds. The Morgan fingerprint density at radius 1 is 1.14 bits per heavy atom. The second-order valence-electron chi connectivity index (χ2n) is 4.88. The molecule has 0 fully saturated rings. The number of nitrogen functional groups attached to an aromatic ring is 1. The molecule has 3 nitrogen and oxygen atoms in total. The standard InChI is InChI=1S/C17H16BrN3/c1-2-11-10-12(18)6-7-15(11)21-16-8-9-20-17-13(16)4-3-5-14(17)19/h3-10H,2,19H2,1H3,(H,20,21). The van der Waals surface area contributed by atoms with Crippen molar-refractivity contribution in [3.05, 3.63) is 58.7 Å². The van der Waals surface area contributed by atoms with E-state index >= 15 is 0 Å². The second-order valence-corrected chi connectivity index (χ2v) is 5.80. The first-order valence-electron chi connectivity index (χ1n) is 6.87. The summed E-state index contributed by atoms with van der Waals surface area (Å²) < 4.78 is 1.09. The SMILES string of the molecule is CCc1cc(Br)ccc1Nc1ccnc2c(N)cccc12. The molecule has 0 spiro atoms. The number of rotatable bonds is 3. The summed E-state index contributed by atoms with van der Waals surface area (Å²) in [6.45, 7) is 2.15. The fraction of sp³-hybridized carbons (Fsp3) is 0.118. The Labute approximate surface area is 132 Å². The molecular formula is C17H16BrN3. The summed E-state index contributed by atoms with van der Waals surface area (Å²) in [5, 5.41) is 4.53. The summed E-state index contributed by atoms with van der Waals surface area (Å²) in [5.74, 6) is 0. The number of halogens is 1. The molecule has 3 rings (SSSR count). The van der Waals surface area contributed by atoms with Gasteiger partial charge in [0.15, 0.2) is 0 Å². The predicted molar refractivity (Wildman–Crippen MR) is 93.0 cm³/mol. The molecule has 4 heteroatoms. The highest BCUT2D eigenvalue weighted by atomic mass is 79.9. The molecule has 106 valence electrons. The molecule has 0 saturated carbocycles. The van der Waals surface area contributed by atoms with Crippen molar-refractivity contribution in [2.45, 2.75) is 13.3 Å². The number of benzene rings is 2. The number of nitrogens with two attached hydrogens (primary N) is 1. The molecule has 0 radical (unpaired) electrons. The lowest BCUT2D eigenvalue weighted by Crippen LogP contribution is -1.98. The van der Waals surface area contributed by atoms with Crippen LogP contribution in [0.4, 0.5) is 17.1 Å². The summed E-state index contributed by atoms with van der Waals surface area (Å²) in [5.41, 5.74) is 10.9. The fourth-order valence-electron chi connectivity index (χ4n) is 2.43. The van der Waals surface area contributed by atoms with E-state index in [0.29, 0.717) is 5.69 Å². The van der Waals surface area contributed by atoms with Gasteiger partial charge in [0.1, 0.15) is 0 Å². The van der Waals surface area contributed by atoms with E-state index in [2.05, 4.69) is 45.3 Å². The normalized spacial score (nSPS) is 10.8. The Morgan fingerprint density at radius 3 is 2.81 bits per heavy atom. The summed E-state index contributed by atoms with van der Waals surface area (Å²) in [4.78, 5) is 4.37. The third-order valence-corrected chi connectivity index (χ3v) is 4.01. The highest BCUT2D eigenvalue weighted by molar-refractivity contribution is 9.10. The van der Waals surface area contributed by atoms with Crippen LogP contribution in [-0.4, -0.2) is 4.98 Å². The topological polar surface area (TPSA) is 50.9 Å². The summed E-state index contributed by atoms with van der Waals surface area (Å²) in [6, 6.07) is 14.1. The van der Waals surface area contributed by atoms with Crippen LogP contribution in [0, 0.1) is 0 Å². The largest absolute Gasteiger partial charge is 0.397 e. The van der Waals surface area contributed by atoms with Crippen LogP contribution in [0.25, 0.3) is 10.9 Å². The molecule has 3 N–H and O–H groups in total. The van der Waals surface area contributed by atoms with Gasteiger partial charge in [-0.2, -0.15) is 0 Å². The van der Waals surface area contributed by atoms with E-state index in [0.717, 1.165) is 33.2 Å². The van der Waals surface area contributed by atoms with Gasteiger partial charge in [0.25, 0.3) is 0 Å². The van der Waals surface area contributed by atoms with Gasteiger partial charge in [-0.15, -0.1) is 0 Å². The van der Waals surface area contributed by atoms with E-state index < -0.39 is 0 Å². The number of nitrogens with zero attached hydrogens (tertiary/aromatic N) is 1. The zero-order valence-electron chi connectivity index (χ0n) is 11.7. The third-order valence-electron chi connectivity index (χ3n) is 3.52. The first-order valence-corrected chi connectivity index (χ1v) is 7.67. The van der Waals surface area contributed by atoms with Gasteiger partial charge in [-0.1, -0.05) is 35.0 Å². The number of aryl methyl sites for hydroxylation is 1. The van der Waals surface area contributed by atoms with Crippen molar-refractivity contribution in [1.29, 1.82) is 0 Å². The first-order chi connectivity index (χ1) is 10.2. The quantitative estimate of drug-likeness (QED) is 0.667. The molecule has 0 bridgehead atoms. The van der Waals surface area contributed by atoms with Crippen LogP contribution in [0.3, 0.4) is 0 Å². The Bertz CT molecular complexity index is 799. The molecule has 0 atom stereocenters. The van der Waals surface area contributed by atoms with Crippen molar-refractivity contribution < 1.29 is 0 Å². The molecule has 3 aromatic rings. The molecule has 0 aliphatic heterocycles. The molecule has 1 heterocycles. The van der Waals surface area contributed by atoms with E-state index in [1.54, 1.807) is 6.20 Å². The van der Waals surface area contributed by atoms with Crippen molar-refractivity contribution in [3.63, 3.8) is 0 Å². The van der Waals surface area contributed by atoms with Gasteiger partial charge < -0.3 is 11.1 Å².